The van der Waals surface area contributed by atoms with Crippen LogP contribution in [-0.2, 0) is 23.7 Å². The molecule has 216 valence electrons. The summed E-state index contributed by atoms with van der Waals surface area (Å²) in [4.78, 5) is 11.2. The van der Waals surface area contributed by atoms with Crippen LogP contribution in [0.2, 0.25) is 0 Å². The Balaban J connectivity index is 1.51. The summed E-state index contributed by atoms with van der Waals surface area (Å²) in [7, 11) is 0. The number of carbonyl (C=O) groups excluding carboxylic acids is 1. The minimum atomic E-state index is -0.936. The highest BCUT2D eigenvalue weighted by Crippen LogP contribution is 2.69. The van der Waals surface area contributed by atoms with E-state index in [0.717, 1.165) is 25.2 Å². The van der Waals surface area contributed by atoms with E-state index in [9.17, 15) is 9.90 Å². The van der Waals surface area contributed by atoms with Crippen LogP contribution < -0.4 is 5.11 Å². The Labute approximate surface area is 230 Å². The van der Waals surface area contributed by atoms with Crippen molar-refractivity contribution >= 4 is 5.97 Å². The van der Waals surface area contributed by atoms with Crippen molar-refractivity contribution in [3.8, 4) is 0 Å². The normalized spacial score (nSPS) is 40.8. The fourth-order valence-electron chi connectivity index (χ4n) is 9.73. The Kier molecular flexibility index (Phi) is 9.89. The quantitative estimate of drug-likeness (QED) is 0.217. The standard InChI is InChI=1S/C32H52O6/c1-6-35-16-18-37-24-14-15-31(4)23(20-24)9-10-25-27-12-11-26(22(3)8-13-30(33)34)32(27,5)29(21-28(25)31)38-19-17-36-7-2/h6-7,22-29H,1-2,8-21H2,3-5H3,(H,33,34)/p-1. The number of aliphatic carboxylic acids is 1. The number of carbonyl (C=O) groups is 1. The fourth-order valence-corrected chi connectivity index (χ4v) is 9.73. The Morgan fingerprint density at radius 2 is 1.66 bits per heavy atom. The van der Waals surface area contributed by atoms with Gasteiger partial charge >= 0.3 is 0 Å². The molecule has 10 unspecified atom stereocenters. The second-order valence-electron chi connectivity index (χ2n) is 13.0. The molecule has 4 saturated carbocycles. The van der Waals surface area contributed by atoms with E-state index >= 15 is 0 Å². The van der Waals surface area contributed by atoms with Crippen molar-refractivity contribution < 1.29 is 28.8 Å². The first-order valence-corrected chi connectivity index (χ1v) is 15.1. The fraction of sp³-hybridized carbons (Fsp3) is 0.844. The highest BCUT2D eigenvalue weighted by molar-refractivity contribution is 5.64. The first-order chi connectivity index (χ1) is 18.3. The van der Waals surface area contributed by atoms with E-state index in [1.165, 1.54) is 44.6 Å². The Bertz CT molecular complexity index is 814. The molecule has 10 atom stereocenters. The van der Waals surface area contributed by atoms with Gasteiger partial charge < -0.3 is 28.8 Å². The topological polar surface area (TPSA) is 77.0 Å². The molecule has 6 heteroatoms. The number of fused-ring (bicyclic) bond motifs is 5. The molecule has 0 aromatic heterocycles. The Hall–Kier alpha value is -1.53. The number of ether oxygens (including phenoxy) is 4. The number of hydrogen-bond donors (Lipinski definition) is 0. The van der Waals surface area contributed by atoms with Crippen LogP contribution in [0.4, 0.5) is 0 Å². The zero-order valence-corrected chi connectivity index (χ0v) is 24.0. The monoisotopic (exact) mass is 531 g/mol. The molecule has 0 bridgehead atoms. The van der Waals surface area contributed by atoms with Crippen LogP contribution >= 0.6 is 0 Å². The van der Waals surface area contributed by atoms with Crippen LogP contribution in [0.5, 0.6) is 0 Å². The third kappa shape index (κ3) is 5.82. The lowest BCUT2D eigenvalue weighted by Crippen LogP contribution is -2.59. The lowest BCUT2D eigenvalue weighted by molar-refractivity contribution is -0.306. The molecule has 0 aromatic carbocycles. The Morgan fingerprint density at radius 1 is 0.947 bits per heavy atom. The van der Waals surface area contributed by atoms with E-state index < -0.39 is 5.97 Å². The molecule has 0 radical (unpaired) electrons. The predicted molar refractivity (Wildman–Crippen MR) is 146 cm³/mol. The highest BCUT2D eigenvalue weighted by Gasteiger charge is 2.64. The van der Waals surface area contributed by atoms with Gasteiger partial charge in [0.25, 0.3) is 0 Å². The summed E-state index contributed by atoms with van der Waals surface area (Å²) in [6, 6.07) is 0. The van der Waals surface area contributed by atoms with Crippen LogP contribution in [0, 0.1) is 46.3 Å². The third-order valence-corrected chi connectivity index (χ3v) is 11.6. The summed E-state index contributed by atoms with van der Waals surface area (Å²) >= 11 is 0. The number of carboxylic acids is 1. The zero-order chi connectivity index (χ0) is 27.3. The SMILES string of the molecule is C=COCCOC1CCC2(C)C(CCC3C2CC(OCCOC=C)C2(C)C(C(C)CCC(=O)[O-])CCC32)C1. The molecule has 4 aliphatic rings. The molecule has 0 aliphatic heterocycles. The molecular weight excluding hydrogens is 480 g/mol. The van der Waals surface area contributed by atoms with Gasteiger partial charge in [0.15, 0.2) is 0 Å². The molecule has 4 fully saturated rings. The van der Waals surface area contributed by atoms with E-state index in [4.69, 9.17) is 18.9 Å². The summed E-state index contributed by atoms with van der Waals surface area (Å²) in [5, 5.41) is 11.2. The van der Waals surface area contributed by atoms with Crippen molar-refractivity contribution in [1.82, 2.24) is 0 Å². The maximum atomic E-state index is 11.2. The third-order valence-electron chi connectivity index (χ3n) is 11.6. The minimum absolute atomic E-state index is 0.0648. The average molecular weight is 532 g/mol. The lowest BCUT2D eigenvalue weighted by Gasteiger charge is -2.63. The minimum Gasteiger partial charge on any atom is -0.550 e. The van der Waals surface area contributed by atoms with Crippen molar-refractivity contribution in [2.24, 2.45) is 46.3 Å². The summed E-state index contributed by atoms with van der Waals surface area (Å²) in [5.41, 5.74) is 0.384. The van der Waals surface area contributed by atoms with Gasteiger partial charge in [-0.3, -0.25) is 0 Å². The predicted octanol–water partition coefficient (Wildman–Crippen LogP) is 5.51. The van der Waals surface area contributed by atoms with Crippen molar-refractivity contribution in [3.63, 3.8) is 0 Å². The van der Waals surface area contributed by atoms with Crippen molar-refractivity contribution in [1.29, 1.82) is 0 Å². The molecule has 0 amide bonds. The first kappa shape index (κ1) is 29.5. The van der Waals surface area contributed by atoms with E-state index in [1.807, 2.05) is 0 Å². The van der Waals surface area contributed by atoms with Gasteiger partial charge in [0.05, 0.1) is 37.9 Å². The van der Waals surface area contributed by atoms with Gasteiger partial charge in [0.2, 0.25) is 0 Å². The zero-order valence-electron chi connectivity index (χ0n) is 24.0. The summed E-state index contributed by atoms with van der Waals surface area (Å²) in [6.45, 7) is 16.9. The second-order valence-corrected chi connectivity index (χ2v) is 13.0. The Morgan fingerprint density at radius 3 is 2.34 bits per heavy atom. The van der Waals surface area contributed by atoms with Crippen LogP contribution in [-0.4, -0.2) is 44.6 Å². The lowest BCUT2D eigenvalue weighted by atomic mass is 9.43. The molecule has 0 heterocycles. The number of hydrogen-bond acceptors (Lipinski definition) is 6. The molecule has 0 N–H and O–H groups in total. The van der Waals surface area contributed by atoms with Gasteiger partial charge in [0.1, 0.15) is 13.2 Å². The molecular formula is C32H51O6-. The first-order valence-electron chi connectivity index (χ1n) is 15.1. The molecule has 4 rings (SSSR count). The number of rotatable bonds is 14. The molecule has 4 aliphatic carbocycles. The van der Waals surface area contributed by atoms with Gasteiger partial charge in [-0.05, 0) is 111 Å². The molecule has 6 nitrogen and oxygen atoms in total. The van der Waals surface area contributed by atoms with Crippen LogP contribution in [0.3, 0.4) is 0 Å². The van der Waals surface area contributed by atoms with E-state index in [0.29, 0.717) is 74.0 Å². The van der Waals surface area contributed by atoms with Crippen molar-refractivity contribution in [2.75, 3.05) is 26.4 Å². The van der Waals surface area contributed by atoms with Gasteiger partial charge in [-0.15, -0.1) is 0 Å². The van der Waals surface area contributed by atoms with E-state index in [-0.39, 0.29) is 17.9 Å². The van der Waals surface area contributed by atoms with Crippen LogP contribution in [0.25, 0.3) is 0 Å². The van der Waals surface area contributed by atoms with Crippen molar-refractivity contribution in [2.45, 2.75) is 97.2 Å². The van der Waals surface area contributed by atoms with Gasteiger partial charge in [-0.2, -0.15) is 0 Å². The number of carboxylic acid groups (broad SMARTS) is 1. The maximum absolute atomic E-state index is 11.2. The van der Waals surface area contributed by atoms with Gasteiger partial charge in [-0.1, -0.05) is 33.9 Å². The smallest absolute Gasteiger partial charge is 0.111 e. The molecule has 0 spiro atoms. The molecule has 38 heavy (non-hydrogen) atoms. The average Bonchev–Trinajstić information content (AvgIpc) is 3.26. The van der Waals surface area contributed by atoms with Crippen molar-refractivity contribution in [3.05, 3.63) is 25.7 Å². The molecule has 0 saturated heterocycles. The van der Waals surface area contributed by atoms with Gasteiger partial charge in [0, 0.05) is 5.97 Å². The summed E-state index contributed by atoms with van der Waals surface area (Å²) in [6.07, 6.45) is 13.9. The van der Waals surface area contributed by atoms with E-state index in [1.54, 1.807) is 0 Å². The van der Waals surface area contributed by atoms with Crippen LogP contribution in [0.15, 0.2) is 25.7 Å². The second kappa shape index (κ2) is 12.8. The van der Waals surface area contributed by atoms with Crippen LogP contribution in [0.1, 0.15) is 85.0 Å². The maximum Gasteiger partial charge on any atom is 0.111 e. The van der Waals surface area contributed by atoms with Gasteiger partial charge in [-0.25, -0.2) is 0 Å². The largest absolute Gasteiger partial charge is 0.550 e. The summed E-state index contributed by atoms with van der Waals surface area (Å²) in [5.74, 6) is 2.59. The highest BCUT2D eigenvalue weighted by atomic mass is 16.5. The molecule has 0 aromatic rings. The summed E-state index contributed by atoms with van der Waals surface area (Å²) < 4.78 is 23.6. The van der Waals surface area contributed by atoms with E-state index in [2.05, 4.69) is 33.9 Å².